The number of carbonyl (C=O) groups is 2. The van der Waals surface area contributed by atoms with Crippen LogP contribution < -0.4 is 15.5 Å². The summed E-state index contributed by atoms with van der Waals surface area (Å²) in [5, 5.41) is 5.82. The number of rotatable bonds is 3. The van der Waals surface area contributed by atoms with Crippen molar-refractivity contribution in [1.82, 2.24) is 5.32 Å². The van der Waals surface area contributed by atoms with Crippen LogP contribution in [-0.2, 0) is 22.6 Å². The molecule has 2 heterocycles. The monoisotopic (exact) mass is 371 g/mol. The van der Waals surface area contributed by atoms with Gasteiger partial charge in [0.15, 0.2) is 0 Å². The lowest BCUT2D eigenvalue weighted by Gasteiger charge is -2.28. The Hall–Kier alpha value is -2.38. The maximum atomic E-state index is 14.7. The highest BCUT2D eigenvalue weighted by Crippen LogP contribution is 2.34. The van der Waals surface area contributed by atoms with E-state index in [1.807, 2.05) is 30.3 Å². The molecule has 5 nitrogen and oxygen atoms in total. The van der Waals surface area contributed by atoms with E-state index in [9.17, 15) is 14.0 Å². The van der Waals surface area contributed by atoms with E-state index in [0.29, 0.717) is 24.3 Å². The van der Waals surface area contributed by atoms with E-state index in [0.717, 1.165) is 22.7 Å². The van der Waals surface area contributed by atoms with Crippen LogP contribution in [0.2, 0.25) is 0 Å². The van der Waals surface area contributed by atoms with Gasteiger partial charge in [-0.2, -0.15) is 0 Å². The molecule has 0 saturated carbocycles. The normalized spacial score (nSPS) is 16.0. The lowest BCUT2D eigenvalue weighted by atomic mass is 9.99. The average Bonchev–Trinajstić information content (AvgIpc) is 2.66. The maximum absolute atomic E-state index is 14.7. The van der Waals surface area contributed by atoms with E-state index in [4.69, 9.17) is 0 Å². The number of benzene rings is 2. The molecule has 7 heteroatoms. The van der Waals surface area contributed by atoms with Crippen molar-refractivity contribution in [2.45, 2.75) is 17.9 Å². The molecule has 2 amide bonds. The predicted molar refractivity (Wildman–Crippen MR) is 100.0 cm³/mol. The third kappa shape index (κ3) is 3.20. The molecule has 2 N–H and O–H groups in total. The fourth-order valence-corrected chi connectivity index (χ4v) is 4.23. The molecule has 4 rings (SSSR count). The van der Waals surface area contributed by atoms with Gasteiger partial charge in [-0.15, -0.1) is 11.8 Å². The quantitative estimate of drug-likeness (QED) is 0.871. The Labute approximate surface area is 155 Å². The smallest absolute Gasteiger partial charge is 0.244 e. The highest BCUT2D eigenvalue weighted by atomic mass is 32.2. The molecule has 26 heavy (non-hydrogen) atoms. The number of hydrogen-bond acceptors (Lipinski definition) is 4. The summed E-state index contributed by atoms with van der Waals surface area (Å²) in [6.07, 6.45) is 0.597. The van der Waals surface area contributed by atoms with Crippen LogP contribution >= 0.6 is 11.8 Å². The number of amides is 2. The molecule has 2 aromatic carbocycles. The van der Waals surface area contributed by atoms with Crippen LogP contribution in [0.3, 0.4) is 0 Å². The molecule has 0 aliphatic carbocycles. The molecule has 0 saturated heterocycles. The highest BCUT2D eigenvalue weighted by molar-refractivity contribution is 8.00. The number of para-hydroxylation sites is 1. The minimum atomic E-state index is -0.409. The lowest BCUT2D eigenvalue weighted by Crippen LogP contribution is -2.41. The Morgan fingerprint density at radius 3 is 3.00 bits per heavy atom. The Kier molecular flexibility index (Phi) is 4.65. The Bertz CT molecular complexity index is 887. The van der Waals surface area contributed by atoms with E-state index in [2.05, 4.69) is 10.6 Å². The molecule has 2 aromatic rings. The maximum Gasteiger partial charge on any atom is 0.244 e. The van der Waals surface area contributed by atoms with E-state index in [1.165, 1.54) is 16.7 Å². The van der Waals surface area contributed by atoms with E-state index in [-0.39, 0.29) is 24.0 Å². The van der Waals surface area contributed by atoms with Gasteiger partial charge in [0.2, 0.25) is 11.8 Å². The summed E-state index contributed by atoms with van der Waals surface area (Å²) in [7, 11) is 0. The van der Waals surface area contributed by atoms with Crippen LogP contribution in [0.15, 0.2) is 41.3 Å². The standard InChI is InChI=1S/C19H18FN3O2S/c20-19-13-7-8-21-9-12(13)5-6-14(19)22-17(24)10-23-15-3-1-2-4-16(15)26-11-18(23)25/h1-6,21H,7-11H2,(H,22,24). The zero-order chi connectivity index (χ0) is 18.1. The number of halogens is 1. The molecular weight excluding hydrogens is 353 g/mol. The number of nitrogens with one attached hydrogen (secondary N) is 2. The molecule has 0 bridgehead atoms. The summed E-state index contributed by atoms with van der Waals surface area (Å²) in [6, 6.07) is 10.9. The Balaban J connectivity index is 1.52. The third-order valence-electron chi connectivity index (χ3n) is 4.59. The summed E-state index contributed by atoms with van der Waals surface area (Å²) in [5.41, 5.74) is 2.46. The number of fused-ring (bicyclic) bond motifs is 2. The molecule has 2 aliphatic heterocycles. The number of hydrogen-bond donors (Lipinski definition) is 2. The van der Waals surface area contributed by atoms with Crippen LogP contribution in [0, 0.1) is 5.82 Å². The second kappa shape index (κ2) is 7.09. The fourth-order valence-electron chi connectivity index (χ4n) is 3.29. The zero-order valence-corrected chi connectivity index (χ0v) is 14.9. The van der Waals surface area contributed by atoms with E-state index < -0.39 is 5.91 Å². The first kappa shape index (κ1) is 17.1. The minimum Gasteiger partial charge on any atom is -0.322 e. The Morgan fingerprint density at radius 2 is 2.12 bits per heavy atom. The van der Waals surface area contributed by atoms with Gasteiger partial charge in [0.1, 0.15) is 12.4 Å². The molecule has 0 radical (unpaired) electrons. The second-order valence-corrected chi connectivity index (χ2v) is 7.29. The van der Waals surface area contributed by atoms with Crippen LogP contribution in [-0.4, -0.2) is 30.7 Å². The Morgan fingerprint density at radius 1 is 1.27 bits per heavy atom. The first-order chi connectivity index (χ1) is 12.6. The van der Waals surface area contributed by atoms with Gasteiger partial charge in [-0.1, -0.05) is 18.2 Å². The van der Waals surface area contributed by atoms with Crippen LogP contribution in [0.25, 0.3) is 0 Å². The van der Waals surface area contributed by atoms with Crippen LogP contribution in [0.5, 0.6) is 0 Å². The van der Waals surface area contributed by atoms with Gasteiger partial charge >= 0.3 is 0 Å². The lowest BCUT2D eigenvalue weighted by molar-refractivity contribution is -0.120. The van der Waals surface area contributed by atoms with Gasteiger partial charge in [-0.05, 0) is 42.3 Å². The number of nitrogens with zero attached hydrogens (tertiary/aromatic N) is 1. The summed E-state index contributed by atoms with van der Waals surface area (Å²) in [5.74, 6) is -0.614. The zero-order valence-electron chi connectivity index (χ0n) is 14.0. The molecule has 2 aliphatic rings. The third-order valence-corrected chi connectivity index (χ3v) is 5.64. The summed E-state index contributed by atoms with van der Waals surface area (Å²) in [6.45, 7) is 1.23. The van der Waals surface area contributed by atoms with Crippen molar-refractivity contribution in [3.8, 4) is 0 Å². The molecule has 0 spiro atoms. The van der Waals surface area contributed by atoms with Crippen LogP contribution in [0.1, 0.15) is 11.1 Å². The van der Waals surface area contributed by atoms with Gasteiger partial charge in [-0.25, -0.2) is 4.39 Å². The first-order valence-corrected chi connectivity index (χ1v) is 9.45. The van der Waals surface area contributed by atoms with Crippen molar-refractivity contribution in [3.63, 3.8) is 0 Å². The van der Waals surface area contributed by atoms with Gasteiger partial charge < -0.3 is 15.5 Å². The highest BCUT2D eigenvalue weighted by Gasteiger charge is 2.26. The van der Waals surface area contributed by atoms with Gasteiger partial charge in [0.05, 0.1) is 17.1 Å². The first-order valence-electron chi connectivity index (χ1n) is 8.46. The minimum absolute atomic E-state index is 0.124. The fraction of sp³-hybridized carbons (Fsp3) is 0.263. The molecule has 0 atom stereocenters. The molecule has 0 aromatic heterocycles. The summed E-state index contributed by atoms with van der Waals surface area (Å²) >= 11 is 1.46. The number of thioether (sulfide) groups is 1. The second-order valence-electron chi connectivity index (χ2n) is 6.28. The number of anilines is 2. The van der Waals surface area contributed by atoms with Crippen LogP contribution in [0.4, 0.5) is 15.8 Å². The molecule has 134 valence electrons. The van der Waals surface area contributed by atoms with Crippen molar-refractivity contribution >= 4 is 35.0 Å². The van der Waals surface area contributed by atoms with Crippen molar-refractivity contribution in [1.29, 1.82) is 0 Å². The van der Waals surface area contributed by atoms with Crippen molar-refractivity contribution in [3.05, 3.63) is 53.3 Å². The molecule has 0 unspecified atom stereocenters. The largest absolute Gasteiger partial charge is 0.322 e. The van der Waals surface area contributed by atoms with E-state index in [1.54, 1.807) is 6.07 Å². The number of carbonyl (C=O) groups excluding carboxylic acids is 2. The SMILES string of the molecule is O=C(CN1C(=O)CSc2ccccc21)Nc1ccc2c(c1F)CCNC2. The van der Waals surface area contributed by atoms with E-state index >= 15 is 0 Å². The van der Waals surface area contributed by atoms with Gasteiger partial charge in [0.25, 0.3) is 0 Å². The van der Waals surface area contributed by atoms with Crippen molar-refractivity contribution in [2.24, 2.45) is 0 Å². The topological polar surface area (TPSA) is 61.4 Å². The predicted octanol–water partition coefficient (Wildman–Crippen LogP) is 2.55. The summed E-state index contributed by atoms with van der Waals surface area (Å²) < 4.78 is 14.7. The summed E-state index contributed by atoms with van der Waals surface area (Å²) in [4.78, 5) is 27.1. The molecular formula is C19H18FN3O2S. The van der Waals surface area contributed by atoms with Crippen molar-refractivity contribution < 1.29 is 14.0 Å². The van der Waals surface area contributed by atoms with Crippen molar-refractivity contribution in [2.75, 3.05) is 29.1 Å². The van der Waals surface area contributed by atoms with Gasteiger partial charge in [-0.3, -0.25) is 9.59 Å². The average molecular weight is 371 g/mol. The molecule has 0 fully saturated rings. The van der Waals surface area contributed by atoms with Gasteiger partial charge in [0, 0.05) is 11.4 Å².